The number of nitrogens with one attached hydrogen (secondary N) is 1. The molecule has 1 aliphatic rings. The highest BCUT2D eigenvalue weighted by atomic mass is 16.6. The Kier molecular flexibility index (Phi) is 12.8. The first-order valence-electron chi connectivity index (χ1n) is 11.6. The molecular weight excluding hydrogens is 460 g/mol. The molecule has 2 amide bonds. The van der Waals surface area contributed by atoms with E-state index in [1.54, 1.807) is 41.5 Å². The van der Waals surface area contributed by atoms with E-state index in [1.807, 2.05) is 6.92 Å². The first kappa shape index (κ1) is 32.1. The van der Waals surface area contributed by atoms with Crippen LogP contribution in [0.15, 0.2) is 0 Å². The fourth-order valence-electron chi connectivity index (χ4n) is 3.16. The van der Waals surface area contributed by atoms with Crippen LogP contribution in [0, 0.1) is 0 Å². The number of carbonyl (C=O) groups excluding carboxylic acids is 5. The largest absolute Gasteiger partial charge is 0.467 e. The molecular formula is C24H42N2O9. The number of rotatable bonds is 6. The van der Waals surface area contributed by atoms with E-state index < -0.39 is 41.4 Å². The van der Waals surface area contributed by atoms with Crippen molar-refractivity contribution < 1.29 is 42.9 Å². The lowest BCUT2D eigenvalue weighted by Gasteiger charge is -2.30. The Bertz CT molecular complexity index is 753. The summed E-state index contributed by atoms with van der Waals surface area (Å²) in [6.45, 7) is 13.9. The summed E-state index contributed by atoms with van der Waals surface area (Å²) in [4.78, 5) is 58.9. The third-order valence-electron chi connectivity index (χ3n) is 4.71. The second-order valence-electron chi connectivity index (χ2n) is 10.3. The summed E-state index contributed by atoms with van der Waals surface area (Å²) in [5.74, 6) is -1.03. The molecule has 0 aromatic carbocycles. The zero-order valence-corrected chi connectivity index (χ0v) is 22.7. The predicted octanol–water partition coefficient (Wildman–Crippen LogP) is 3.37. The van der Waals surface area contributed by atoms with Crippen LogP contribution in [0.1, 0.15) is 81.1 Å². The van der Waals surface area contributed by atoms with Crippen molar-refractivity contribution in [1.82, 2.24) is 10.2 Å². The van der Waals surface area contributed by atoms with Crippen molar-refractivity contribution in [3.8, 4) is 0 Å². The van der Waals surface area contributed by atoms with Gasteiger partial charge in [-0.15, -0.1) is 0 Å². The van der Waals surface area contributed by atoms with Gasteiger partial charge in [0, 0.05) is 12.5 Å². The first-order valence-corrected chi connectivity index (χ1v) is 11.6. The van der Waals surface area contributed by atoms with Gasteiger partial charge in [0.1, 0.15) is 29.1 Å². The van der Waals surface area contributed by atoms with Gasteiger partial charge in [-0.1, -0.05) is 0 Å². The quantitative estimate of drug-likeness (QED) is 0.428. The first-order chi connectivity index (χ1) is 15.9. The summed E-state index contributed by atoms with van der Waals surface area (Å²) >= 11 is 0. The van der Waals surface area contributed by atoms with Gasteiger partial charge in [-0.25, -0.2) is 19.2 Å². The van der Waals surface area contributed by atoms with Crippen LogP contribution in [-0.4, -0.2) is 78.4 Å². The van der Waals surface area contributed by atoms with E-state index in [9.17, 15) is 24.0 Å². The average molecular weight is 503 g/mol. The average Bonchev–Trinajstić information content (AvgIpc) is 3.09. The molecule has 11 nitrogen and oxygen atoms in total. The third kappa shape index (κ3) is 13.0. The van der Waals surface area contributed by atoms with Gasteiger partial charge in [-0.3, -0.25) is 4.90 Å². The van der Waals surface area contributed by atoms with Crippen molar-refractivity contribution in [1.29, 1.82) is 0 Å². The number of hydrogen-bond acceptors (Lipinski definition) is 9. The van der Waals surface area contributed by atoms with E-state index in [1.165, 1.54) is 26.0 Å². The number of Topliss-reactive ketones (excluding diaryl/α,β-unsaturated/α-hetero) is 1. The molecule has 0 bridgehead atoms. The van der Waals surface area contributed by atoms with E-state index in [0.29, 0.717) is 6.42 Å². The van der Waals surface area contributed by atoms with Gasteiger partial charge in [0.05, 0.1) is 14.2 Å². The lowest BCUT2D eigenvalue weighted by molar-refractivity contribution is -0.146. The third-order valence-corrected chi connectivity index (χ3v) is 4.71. The molecule has 1 N–H and O–H groups in total. The number of methoxy groups -OCH3 is 2. The molecule has 0 radical (unpaired) electrons. The molecule has 1 heterocycles. The second kappa shape index (κ2) is 13.9. The van der Waals surface area contributed by atoms with Crippen LogP contribution in [0.3, 0.4) is 0 Å². The maximum atomic E-state index is 12.0. The summed E-state index contributed by atoms with van der Waals surface area (Å²) < 4.78 is 19.6. The smallest absolute Gasteiger partial charge is 0.411 e. The fourth-order valence-corrected chi connectivity index (χ4v) is 3.16. The number of alkyl carbamates (subject to hydrolysis) is 1. The molecule has 35 heavy (non-hydrogen) atoms. The Balaban J connectivity index is 0.000000661. The Morgan fingerprint density at radius 2 is 1.46 bits per heavy atom. The highest BCUT2D eigenvalue weighted by Gasteiger charge is 2.41. The standard InChI is InChI=1S/C12H21NO5.C12H21NO4/c1-8(14)6-7-9(10(15)17-5)13-11(16)18-12(2,3)4;1-8-6-7-9(10(14)16-5)13(8)11(15)17-12(2,3)4/h9H,6-7H2,1-5H3,(H,13,16);8-9H,6-7H2,1-5H3/t9-;8-,9+/m01/s1. The SMILES string of the molecule is COC(=O)[C@@H]1CC[C@@H](C)N1C(=O)OC(C)(C)C.COC(=O)[C@H](CCC(C)=O)NC(=O)OC(C)(C)C. The van der Waals surface area contributed by atoms with Gasteiger partial charge in [0.25, 0.3) is 0 Å². The molecule has 0 aromatic heterocycles. The van der Waals surface area contributed by atoms with Gasteiger partial charge in [-0.2, -0.15) is 0 Å². The summed E-state index contributed by atoms with van der Waals surface area (Å²) in [5.41, 5.74) is -1.20. The van der Waals surface area contributed by atoms with E-state index >= 15 is 0 Å². The topological polar surface area (TPSA) is 138 Å². The van der Waals surface area contributed by atoms with E-state index in [-0.39, 0.29) is 30.6 Å². The molecule has 1 aliphatic heterocycles. The summed E-state index contributed by atoms with van der Waals surface area (Å²) in [5, 5.41) is 2.39. The number of esters is 2. The van der Waals surface area contributed by atoms with Gasteiger partial charge in [0.15, 0.2) is 0 Å². The van der Waals surface area contributed by atoms with Crippen LogP contribution >= 0.6 is 0 Å². The molecule has 0 aliphatic carbocycles. The van der Waals surface area contributed by atoms with Crippen molar-refractivity contribution in [2.45, 2.75) is 110 Å². The molecule has 11 heteroatoms. The Morgan fingerprint density at radius 1 is 0.914 bits per heavy atom. The van der Waals surface area contributed by atoms with Crippen molar-refractivity contribution in [2.24, 2.45) is 0 Å². The molecule has 0 saturated carbocycles. The van der Waals surface area contributed by atoms with Crippen molar-refractivity contribution in [2.75, 3.05) is 14.2 Å². The second-order valence-corrected chi connectivity index (χ2v) is 10.3. The highest BCUT2D eigenvalue weighted by molar-refractivity contribution is 5.83. The summed E-state index contributed by atoms with van der Waals surface area (Å²) in [6.07, 6.45) is 0.655. The highest BCUT2D eigenvalue weighted by Crippen LogP contribution is 2.27. The van der Waals surface area contributed by atoms with Gasteiger partial charge in [0.2, 0.25) is 0 Å². The van der Waals surface area contributed by atoms with Crippen LogP contribution in [0.2, 0.25) is 0 Å². The van der Waals surface area contributed by atoms with E-state index in [4.69, 9.17) is 14.2 Å². The van der Waals surface area contributed by atoms with Gasteiger partial charge >= 0.3 is 24.1 Å². The maximum Gasteiger partial charge on any atom is 0.411 e. The number of amides is 2. The lowest BCUT2D eigenvalue weighted by Crippen LogP contribution is -2.46. The molecule has 1 fully saturated rings. The number of hydrogen-bond donors (Lipinski definition) is 1. The predicted molar refractivity (Wildman–Crippen MR) is 128 cm³/mol. The Morgan fingerprint density at radius 3 is 1.89 bits per heavy atom. The summed E-state index contributed by atoms with van der Waals surface area (Å²) in [7, 11) is 2.55. The monoisotopic (exact) mass is 502 g/mol. The minimum Gasteiger partial charge on any atom is -0.467 e. The molecule has 0 unspecified atom stereocenters. The van der Waals surface area contributed by atoms with Crippen LogP contribution in [0.4, 0.5) is 9.59 Å². The molecule has 1 rings (SSSR count). The van der Waals surface area contributed by atoms with Crippen LogP contribution in [-0.2, 0) is 33.3 Å². The lowest BCUT2D eigenvalue weighted by atomic mass is 10.1. The van der Waals surface area contributed by atoms with Crippen LogP contribution < -0.4 is 5.32 Å². The minimum absolute atomic E-state index is 0.00829. The van der Waals surface area contributed by atoms with Crippen LogP contribution in [0.5, 0.6) is 0 Å². The molecule has 202 valence electrons. The maximum absolute atomic E-state index is 12.0. The zero-order valence-electron chi connectivity index (χ0n) is 22.7. The van der Waals surface area contributed by atoms with Crippen LogP contribution in [0.25, 0.3) is 0 Å². The Labute approximate surface area is 208 Å². The van der Waals surface area contributed by atoms with Gasteiger partial charge in [-0.05, 0) is 74.7 Å². The minimum atomic E-state index is -0.867. The van der Waals surface area contributed by atoms with E-state index in [2.05, 4.69) is 10.1 Å². The van der Waals surface area contributed by atoms with Crippen molar-refractivity contribution in [3.63, 3.8) is 0 Å². The number of ether oxygens (including phenoxy) is 4. The number of ketones is 1. The number of likely N-dealkylation sites (tertiary alicyclic amines) is 1. The number of nitrogens with zero attached hydrogens (tertiary/aromatic N) is 1. The molecule has 0 spiro atoms. The van der Waals surface area contributed by atoms with E-state index in [0.717, 1.165) is 6.42 Å². The molecule has 1 saturated heterocycles. The molecule has 3 atom stereocenters. The zero-order chi connectivity index (χ0) is 27.6. The normalized spacial score (nSPS) is 18.4. The van der Waals surface area contributed by atoms with Crippen molar-refractivity contribution in [3.05, 3.63) is 0 Å². The fraction of sp³-hybridized carbons (Fsp3) is 0.792. The van der Waals surface area contributed by atoms with Gasteiger partial charge < -0.3 is 29.1 Å². The molecule has 0 aromatic rings. The Hall–Kier alpha value is -2.85. The summed E-state index contributed by atoms with van der Waals surface area (Å²) in [6, 6.07) is -1.37. The van der Waals surface area contributed by atoms with Crippen molar-refractivity contribution >= 4 is 29.9 Å². The number of carbonyl (C=O) groups is 5.